The number of rotatable bonds is 6. The summed E-state index contributed by atoms with van der Waals surface area (Å²) in [5, 5.41) is 2.95. The van der Waals surface area contributed by atoms with Gasteiger partial charge in [-0.2, -0.15) is 0 Å². The van der Waals surface area contributed by atoms with E-state index in [1.54, 1.807) is 29.2 Å². The van der Waals surface area contributed by atoms with Crippen molar-refractivity contribution in [2.45, 2.75) is 52.0 Å². The molecule has 7 heteroatoms. The summed E-state index contributed by atoms with van der Waals surface area (Å²) in [5.74, 6) is 1.17. The van der Waals surface area contributed by atoms with Gasteiger partial charge in [0.1, 0.15) is 0 Å². The van der Waals surface area contributed by atoms with Gasteiger partial charge in [0.15, 0.2) is 0 Å². The van der Waals surface area contributed by atoms with Crippen molar-refractivity contribution in [1.29, 1.82) is 0 Å². The highest BCUT2D eigenvalue weighted by atomic mass is 16.5. The number of nitrogens with zero attached hydrogens (tertiary/aromatic N) is 1. The number of carbonyl (C=O) groups is 4. The number of likely N-dealkylation sites (tertiary alicyclic amines) is 1. The molecule has 1 saturated heterocycles. The Morgan fingerprint density at radius 1 is 0.944 bits per heavy atom. The summed E-state index contributed by atoms with van der Waals surface area (Å²) in [6, 6.07) is 6.65. The minimum absolute atomic E-state index is 0.0367. The third-order valence-electron chi connectivity index (χ3n) is 9.07. The number of carbonyl (C=O) groups excluding carboxylic acids is 4. The fourth-order valence-corrected chi connectivity index (χ4v) is 7.20. The van der Waals surface area contributed by atoms with Gasteiger partial charge >= 0.3 is 5.97 Å². The molecule has 1 heterocycles. The van der Waals surface area contributed by atoms with Crippen LogP contribution in [-0.4, -0.2) is 41.2 Å². The third-order valence-corrected chi connectivity index (χ3v) is 9.07. The van der Waals surface area contributed by atoms with Crippen LogP contribution in [0.5, 0.6) is 0 Å². The Labute approximate surface area is 211 Å². The van der Waals surface area contributed by atoms with Crippen LogP contribution in [-0.2, 0) is 19.1 Å². The normalized spacial score (nSPS) is 36.0. The van der Waals surface area contributed by atoms with Gasteiger partial charge in [-0.1, -0.05) is 26.0 Å². The van der Waals surface area contributed by atoms with E-state index in [2.05, 4.69) is 17.5 Å². The van der Waals surface area contributed by atoms with Gasteiger partial charge in [-0.3, -0.25) is 19.3 Å². The average molecular weight is 491 g/mol. The fourth-order valence-electron chi connectivity index (χ4n) is 7.20. The molecule has 7 rings (SSSR count). The molecule has 3 saturated carbocycles. The second kappa shape index (κ2) is 8.86. The Hall–Kier alpha value is -2.96. The Morgan fingerprint density at radius 2 is 1.53 bits per heavy atom. The van der Waals surface area contributed by atoms with Crippen molar-refractivity contribution in [3.05, 3.63) is 42.0 Å². The van der Waals surface area contributed by atoms with Gasteiger partial charge in [-0.15, -0.1) is 0 Å². The van der Waals surface area contributed by atoms with E-state index in [1.165, 1.54) is 6.42 Å². The summed E-state index contributed by atoms with van der Waals surface area (Å²) in [6.45, 7) is 4.33. The fraction of sp³-hybridized carbons (Fsp3) is 0.586. The molecule has 1 aliphatic heterocycles. The molecular formula is C29H34N2O5. The predicted molar refractivity (Wildman–Crippen MR) is 132 cm³/mol. The van der Waals surface area contributed by atoms with Crippen LogP contribution in [0.4, 0.5) is 5.69 Å². The van der Waals surface area contributed by atoms with Crippen molar-refractivity contribution in [3.63, 3.8) is 0 Å². The maximum Gasteiger partial charge on any atom is 0.338 e. The molecule has 0 aromatic heterocycles. The molecule has 5 aliphatic carbocycles. The maximum absolute atomic E-state index is 13.4. The first-order chi connectivity index (χ1) is 17.3. The minimum Gasteiger partial charge on any atom is -0.462 e. The molecule has 2 bridgehead atoms. The van der Waals surface area contributed by atoms with Crippen molar-refractivity contribution in [2.75, 3.05) is 11.9 Å². The summed E-state index contributed by atoms with van der Waals surface area (Å²) in [7, 11) is 0. The molecule has 1 aromatic rings. The van der Waals surface area contributed by atoms with Gasteiger partial charge < -0.3 is 10.1 Å². The number of amides is 3. The van der Waals surface area contributed by atoms with Crippen LogP contribution in [0.25, 0.3) is 0 Å². The molecule has 36 heavy (non-hydrogen) atoms. The standard InChI is InChI=1S/C29H34N2O5/c1-15(2)14-36-29(35)17-3-7-18(8-4-17)30-26(32)16-5-9-19(10-6-16)31-27(33)24-20-11-12-21(23-13-22(20)23)25(24)28(31)34/h3-4,7-8,11-12,15-16,19-25H,5-6,9-10,13-14H2,1-2H3,(H,30,32)/t16?,19?,20-,21-,22-,23-,24+,25+/m0/s1. The number of anilines is 1. The van der Waals surface area contributed by atoms with Gasteiger partial charge in [0.25, 0.3) is 0 Å². The van der Waals surface area contributed by atoms with E-state index in [1.807, 2.05) is 13.8 Å². The summed E-state index contributed by atoms with van der Waals surface area (Å²) in [5.41, 5.74) is 1.09. The number of allylic oxidation sites excluding steroid dienone is 2. The van der Waals surface area contributed by atoms with Crippen molar-refractivity contribution in [3.8, 4) is 0 Å². The van der Waals surface area contributed by atoms with Crippen molar-refractivity contribution < 1.29 is 23.9 Å². The molecule has 7 nitrogen and oxygen atoms in total. The lowest BCUT2D eigenvalue weighted by Gasteiger charge is -2.37. The second-order valence-electron chi connectivity index (χ2n) is 11.8. The number of imide groups is 1. The summed E-state index contributed by atoms with van der Waals surface area (Å²) in [4.78, 5) is 53.3. The lowest BCUT2D eigenvalue weighted by Crippen LogP contribution is -2.44. The monoisotopic (exact) mass is 490 g/mol. The van der Waals surface area contributed by atoms with Crippen LogP contribution in [0.2, 0.25) is 0 Å². The molecule has 3 amide bonds. The molecule has 0 spiro atoms. The van der Waals surface area contributed by atoms with E-state index in [0.29, 0.717) is 55.4 Å². The Kier molecular flexibility index (Phi) is 5.77. The number of nitrogens with one attached hydrogen (secondary N) is 1. The lowest BCUT2D eigenvalue weighted by atomic mass is 9.63. The van der Waals surface area contributed by atoms with Gasteiger partial charge in [0, 0.05) is 17.6 Å². The van der Waals surface area contributed by atoms with E-state index < -0.39 is 0 Å². The Morgan fingerprint density at radius 3 is 2.08 bits per heavy atom. The highest BCUT2D eigenvalue weighted by Crippen LogP contribution is 2.65. The number of ether oxygens (including phenoxy) is 1. The van der Waals surface area contributed by atoms with E-state index >= 15 is 0 Å². The van der Waals surface area contributed by atoms with Gasteiger partial charge in [-0.25, -0.2) is 4.79 Å². The minimum atomic E-state index is -0.369. The van der Waals surface area contributed by atoms with E-state index in [4.69, 9.17) is 4.74 Å². The molecular weight excluding hydrogens is 456 g/mol. The molecule has 0 unspecified atom stereocenters. The van der Waals surface area contributed by atoms with Crippen LogP contribution in [0.1, 0.15) is 56.3 Å². The topological polar surface area (TPSA) is 92.8 Å². The smallest absolute Gasteiger partial charge is 0.338 e. The first kappa shape index (κ1) is 23.4. The molecule has 6 aliphatic rings. The molecule has 0 radical (unpaired) electrons. The first-order valence-corrected chi connectivity index (χ1v) is 13.5. The molecule has 4 fully saturated rings. The Bertz CT molecular complexity index is 1080. The molecule has 190 valence electrons. The zero-order valence-electron chi connectivity index (χ0n) is 20.9. The Balaban J connectivity index is 1.03. The maximum atomic E-state index is 13.4. The zero-order chi connectivity index (χ0) is 25.1. The number of hydrogen-bond acceptors (Lipinski definition) is 5. The van der Waals surface area contributed by atoms with Crippen molar-refractivity contribution in [2.24, 2.45) is 47.3 Å². The first-order valence-electron chi connectivity index (χ1n) is 13.5. The molecule has 6 atom stereocenters. The highest BCUT2D eigenvalue weighted by Gasteiger charge is 2.67. The summed E-state index contributed by atoms with van der Waals surface area (Å²) >= 11 is 0. The highest BCUT2D eigenvalue weighted by molar-refractivity contribution is 6.06. The van der Waals surface area contributed by atoms with E-state index in [-0.39, 0.29) is 65.2 Å². The van der Waals surface area contributed by atoms with E-state index in [9.17, 15) is 19.2 Å². The quantitative estimate of drug-likeness (QED) is 0.369. The van der Waals surface area contributed by atoms with Crippen LogP contribution >= 0.6 is 0 Å². The van der Waals surface area contributed by atoms with Crippen molar-refractivity contribution >= 4 is 29.4 Å². The van der Waals surface area contributed by atoms with Crippen LogP contribution in [0.15, 0.2) is 36.4 Å². The largest absolute Gasteiger partial charge is 0.462 e. The van der Waals surface area contributed by atoms with Gasteiger partial charge in [0.2, 0.25) is 17.7 Å². The average Bonchev–Trinajstić information content (AvgIpc) is 3.66. The predicted octanol–water partition coefficient (Wildman–Crippen LogP) is 4.05. The summed E-state index contributed by atoms with van der Waals surface area (Å²) in [6.07, 6.45) is 8.23. The summed E-state index contributed by atoms with van der Waals surface area (Å²) < 4.78 is 5.24. The third kappa shape index (κ3) is 3.87. The van der Waals surface area contributed by atoms with Gasteiger partial charge in [0.05, 0.1) is 24.0 Å². The number of hydrogen-bond donors (Lipinski definition) is 1. The lowest BCUT2D eigenvalue weighted by molar-refractivity contribution is -0.144. The van der Waals surface area contributed by atoms with Gasteiger partial charge in [-0.05, 0) is 86.0 Å². The van der Waals surface area contributed by atoms with E-state index in [0.717, 1.165) is 0 Å². The second-order valence-corrected chi connectivity index (χ2v) is 11.8. The van der Waals surface area contributed by atoms with Crippen LogP contribution < -0.4 is 5.32 Å². The molecule has 1 aromatic carbocycles. The van der Waals surface area contributed by atoms with Crippen molar-refractivity contribution in [1.82, 2.24) is 4.90 Å². The van der Waals surface area contributed by atoms with Crippen LogP contribution in [0.3, 0.4) is 0 Å². The SMILES string of the molecule is CC(C)COC(=O)c1ccc(NC(=O)C2CCC(N3C(=O)[C@@H]4[C@H]5C=C[C@@H]([C@@H]6C[C@@H]56)[C@H]4C3=O)CC2)cc1. The number of esters is 1. The zero-order valence-corrected chi connectivity index (χ0v) is 20.9. The number of benzene rings is 1. The molecule has 1 N–H and O–H groups in total. The van der Waals surface area contributed by atoms with Crippen LogP contribution in [0, 0.1) is 47.3 Å².